The fourth-order valence-corrected chi connectivity index (χ4v) is 1.74. The molecule has 4 nitrogen and oxygen atoms in total. The number of rotatable bonds is 11. The van der Waals surface area contributed by atoms with Crippen LogP contribution in [0.25, 0.3) is 0 Å². The summed E-state index contributed by atoms with van der Waals surface area (Å²) in [4.78, 5) is 11.6. The summed E-state index contributed by atoms with van der Waals surface area (Å²) in [6.07, 6.45) is 3.48. The van der Waals surface area contributed by atoms with Gasteiger partial charge in [0.05, 0.1) is 6.61 Å². The largest absolute Gasteiger partial charge is 0.380 e. The van der Waals surface area contributed by atoms with Crippen LogP contribution in [0.15, 0.2) is 0 Å². The van der Waals surface area contributed by atoms with E-state index in [1.165, 1.54) is 0 Å². The van der Waals surface area contributed by atoms with Crippen molar-refractivity contribution >= 4 is 5.91 Å². The van der Waals surface area contributed by atoms with Gasteiger partial charge in [-0.05, 0) is 37.1 Å². The molecule has 3 N–H and O–H groups in total. The smallest absolute Gasteiger partial charge is 0.220 e. The van der Waals surface area contributed by atoms with E-state index in [1.807, 2.05) is 0 Å². The maximum Gasteiger partial charge on any atom is 0.220 e. The van der Waals surface area contributed by atoms with Gasteiger partial charge in [0.1, 0.15) is 0 Å². The summed E-state index contributed by atoms with van der Waals surface area (Å²) < 4.78 is 5.45. The number of carbonyl (C=O) groups is 1. The Hall–Kier alpha value is -0.610. The second-order valence-electron chi connectivity index (χ2n) is 6.35. The van der Waals surface area contributed by atoms with Gasteiger partial charge in [-0.2, -0.15) is 0 Å². The molecule has 0 atom stereocenters. The van der Waals surface area contributed by atoms with Crippen molar-refractivity contribution in [1.82, 2.24) is 5.32 Å². The van der Waals surface area contributed by atoms with Crippen LogP contribution in [0.1, 0.15) is 53.4 Å². The molecule has 0 fully saturated rings. The summed E-state index contributed by atoms with van der Waals surface area (Å²) in [5, 5.41) is 2.89. The summed E-state index contributed by atoms with van der Waals surface area (Å²) in [5.74, 6) is 0.775. The second-order valence-corrected chi connectivity index (χ2v) is 6.35. The quantitative estimate of drug-likeness (QED) is 0.567. The van der Waals surface area contributed by atoms with Gasteiger partial charge < -0.3 is 15.8 Å². The highest BCUT2D eigenvalue weighted by Crippen LogP contribution is 2.25. The first-order valence-electron chi connectivity index (χ1n) is 7.42. The molecule has 0 saturated heterocycles. The Bertz CT molecular complexity index is 240. The van der Waals surface area contributed by atoms with Crippen molar-refractivity contribution in [3.05, 3.63) is 0 Å². The number of hydrogen-bond acceptors (Lipinski definition) is 3. The van der Waals surface area contributed by atoms with Crippen molar-refractivity contribution in [3.63, 3.8) is 0 Å². The SMILES string of the molecule is CC(C)CCOCCNC(=O)CCC(C)(C)CCN. The number of nitrogens with one attached hydrogen (secondary N) is 1. The van der Waals surface area contributed by atoms with Crippen LogP contribution < -0.4 is 11.1 Å². The topological polar surface area (TPSA) is 64.3 Å². The minimum atomic E-state index is 0.109. The lowest BCUT2D eigenvalue weighted by molar-refractivity contribution is -0.121. The Balaban J connectivity index is 3.49. The highest BCUT2D eigenvalue weighted by atomic mass is 16.5. The molecule has 0 radical (unpaired) electrons. The van der Waals surface area contributed by atoms with E-state index in [0.29, 0.717) is 32.0 Å². The fourth-order valence-electron chi connectivity index (χ4n) is 1.74. The third-order valence-electron chi connectivity index (χ3n) is 3.26. The van der Waals surface area contributed by atoms with E-state index in [4.69, 9.17) is 10.5 Å². The third kappa shape index (κ3) is 12.2. The molecule has 0 rings (SSSR count). The van der Waals surface area contributed by atoms with Crippen LogP contribution >= 0.6 is 0 Å². The van der Waals surface area contributed by atoms with E-state index >= 15 is 0 Å². The van der Waals surface area contributed by atoms with E-state index in [2.05, 4.69) is 33.0 Å². The molecule has 0 aliphatic rings. The van der Waals surface area contributed by atoms with Gasteiger partial charge in [-0.15, -0.1) is 0 Å². The molecule has 1 amide bonds. The molecule has 0 bridgehead atoms. The zero-order valence-electron chi connectivity index (χ0n) is 13.1. The number of amides is 1. The highest BCUT2D eigenvalue weighted by molar-refractivity contribution is 5.75. The number of hydrogen-bond donors (Lipinski definition) is 2. The molecule has 114 valence electrons. The summed E-state index contributed by atoms with van der Waals surface area (Å²) in [7, 11) is 0. The molecule has 19 heavy (non-hydrogen) atoms. The Kier molecular flexibility index (Phi) is 9.88. The second kappa shape index (κ2) is 10.2. The molecular weight excluding hydrogens is 240 g/mol. The average molecular weight is 272 g/mol. The maximum absolute atomic E-state index is 11.6. The summed E-state index contributed by atoms with van der Waals surface area (Å²) in [6, 6.07) is 0. The zero-order valence-corrected chi connectivity index (χ0v) is 13.1. The van der Waals surface area contributed by atoms with Crippen LogP contribution in [0.2, 0.25) is 0 Å². The molecule has 0 aliphatic carbocycles. The summed E-state index contributed by atoms with van der Waals surface area (Å²) >= 11 is 0. The molecule has 0 aliphatic heterocycles. The van der Waals surface area contributed by atoms with Gasteiger partial charge in [0.2, 0.25) is 5.91 Å². The first-order valence-corrected chi connectivity index (χ1v) is 7.42. The van der Waals surface area contributed by atoms with Crippen LogP contribution in [0.5, 0.6) is 0 Å². The number of nitrogens with two attached hydrogens (primary N) is 1. The van der Waals surface area contributed by atoms with Crippen molar-refractivity contribution in [2.45, 2.75) is 53.4 Å². The van der Waals surface area contributed by atoms with Gasteiger partial charge in [-0.1, -0.05) is 27.7 Å². The van der Waals surface area contributed by atoms with Gasteiger partial charge in [0.15, 0.2) is 0 Å². The van der Waals surface area contributed by atoms with E-state index in [0.717, 1.165) is 25.9 Å². The minimum absolute atomic E-state index is 0.109. The molecule has 0 aromatic heterocycles. The van der Waals surface area contributed by atoms with Gasteiger partial charge in [-0.25, -0.2) is 0 Å². The first-order chi connectivity index (χ1) is 8.87. The number of carbonyl (C=O) groups excluding carboxylic acids is 1. The predicted molar refractivity (Wildman–Crippen MR) is 80.0 cm³/mol. The van der Waals surface area contributed by atoms with Crippen molar-refractivity contribution in [2.24, 2.45) is 17.1 Å². The van der Waals surface area contributed by atoms with Crippen molar-refractivity contribution < 1.29 is 9.53 Å². The zero-order chi connectivity index (χ0) is 14.7. The van der Waals surface area contributed by atoms with E-state index in [-0.39, 0.29) is 11.3 Å². The van der Waals surface area contributed by atoms with Gasteiger partial charge in [0, 0.05) is 19.6 Å². The van der Waals surface area contributed by atoms with Crippen LogP contribution in [0.4, 0.5) is 0 Å². The molecule has 0 spiro atoms. The normalized spacial score (nSPS) is 11.9. The Morgan fingerprint density at radius 3 is 2.53 bits per heavy atom. The Labute approximate surface area is 118 Å². The van der Waals surface area contributed by atoms with Crippen LogP contribution in [-0.2, 0) is 9.53 Å². The van der Waals surface area contributed by atoms with Crippen LogP contribution in [0.3, 0.4) is 0 Å². The monoisotopic (exact) mass is 272 g/mol. The molecule has 0 unspecified atom stereocenters. The highest BCUT2D eigenvalue weighted by Gasteiger charge is 2.17. The summed E-state index contributed by atoms with van der Waals surface area (Å²) in [5.41, 5.74) is 5.70. The van der Waals surface area contributed by atoms with Gasteiger partial charge in [0.25, 0.3) is 0 Å². The van der Waals surface area contributed by atoms with Crippen molar-refractivity contribution in [2.75, 3.05) is 26.3 Å². The summed E-state index contributed by atoms with van der Waals surface area (Å²) in [6.45, 7) is 11.3. The number of ether oxygens (including phenoxy) is 1. The average Bonchev–Trinajstić information content (AvgIpc) is 2.31. The lowest BCUT2D eigenvalue weighted by Crippen LogP contribution is -2.29. The lowest BCUT2D eigenvalue weighted by atomic mass is 9.84. The molecule has 4 heteroatoms. The van der Waals surface area contributed by atoms with Crippen LogP contribution in [-0.4, -0.2) is 32.2 Å². The van der Waals surface area contributed by atoms with E-state index in [1.54, 1.807) is 0 Å². The maximum atomic E-state index is 11.6. The Morgan fingerprint density at radius 2 is 1.95 bits per heavy atom. The minimum Gasteiger partial charge on any atom is -0.380 e. The van der Waals surface area contributed by atoms with Gasteiger partial charge in [-0.3, -0.25) is 4.79 Å². The molecular formula is C15H32N2O2. The molecule has 0 heterocycles. The van der Waals surface area contributed by atoms with E-state index in [9.17, 15) is 4.79 Å². The third-order valence-corrected chi connectivity index (χ3v) is 3.26. The first kappa shape index (κ1) is 18.4. The lowest BCUT2D eigenvalue weighted by Gasteiger charge is -2.23. The van der Waals surface area contributed by atoms with Crippen LogP contribution in [0, 0.1) is 11.3 Å². The van der Waals surface area contributed by atoms with Gasteiger partial charge >= 0.3 is 0 Å². The molecule has 0 aromatic carbocycles. The fraction of sp³-hybridized carbons (Fsp3) is 0.933. The standard InChI is InChI=1S/C15H32N2O2/c1-13(2)6-11-19-12-10-17-14(18)5-7-15(3,4)8-9-16/h13H,5-12,16H2,1-4H3,(H,17,18). The Morgan fingerprint density at radius 1 is 1.26 bits per heavy atom. The predicted octanol–water partition coefficient (Wildman–Crippen LogP) is 2.32. The van der Waals surface area contributed by atoms with Crippen molar-refractivity contribution in [3.8, 4) is 0 Å². The molecule has 0 saturated carbocycles. The van der Waals surface area contributed by atoms with E-state index < -0.39 is 0 Å². The molecule has 0 aromatic rings. The van der Waals surface area contributed by atoms with Crippen molar-refractivity contribution in [1.29, 1.82) is 0 Å².